The van der Waals surface area contributed by atoms with Crippen LogP contribution in [0.2, 0.25) is 0 Å². The molecule has 4 heterocycles. The Kier molecular flexibility index (Phi) is 6.55. The number of aromatic nitrogens is 1. The van der Waals surface area contributed by atoms with Crippen LogP contribution in [0.15, 0.2) is 30.3 Å². The SMILES string of the molecule is O=C1CCc2ccc(OCCCCN3CCN(c4cccc5c4CNCC5)CC3)nc2N1. The van der Waals surface area contributed by atoms with Crippen molar-refractivity contribution in [1.82, 2.24) is 15.2 Å². The highest BCUT2D eigenvalue weighted by Crippen LogP contribution is 2.27. The van der Waals surface area contributed by atoms with Crippen LogP contribution in [0.25, 0.3) is 0 Å². The van der Waals surface area contributed by atoms with Gasteiger partial charge in [0.05, 0.1) is 6.61 Å². The number of unbranched alkanes of at least 4 members (excludes halogenated alkanes) is 1. The fourth-order valence-electron chi connectivity index (χ4n) is 4.92. The molecule has 2 N–H and O–H groups in total. The second-order valence-electron chi connectivity index (χ2n) is 8.93. The zero-order chi connectivity index (χ0) is 21.8. The molecule has 0 unspecified atom stereocenters. The minimum Gasteiger partial charge on any atom is -0.478 e. The van der Waals surface area contributed by atoms with E-state index in [0.29, 0.717) is 24.7 Å². The number of hydrogen-bond donors (Lipinski definition) is 2. The fraction of sp³-hybridized carbons (Fsp3) is 0.520. The monoisotopic (exact) mass is 435 g/mol. The maximum Gasteiger partial charge on any atom is 0.225 e. The number of anilines is 2. The molecule has 1 saturated heterocycles. The quantitative estimate of drug-likeness (QED) is 0.652. The summed E-state index contributed by atoms with van der Waals surface area (Å²) in [6.45, 7) is 8.27. The van der Waals surface area contributed by atoms with Crippen molar-refractivity contribution in [2.24, 2.45) is 0 Å². The summed E-state index contributed by atoms with van der Waals surface area (Å²) in [5.74, 6) is 1.29. The Morgan fingerprint density at radius 3 is 2.78 bits per heavy atom. The van der Waals surface area contributed by atoms with Gasteiger partial charge in [0.2, 0.25) is 11.8 Å². The predicted octanol–water partition coefficient (Wildman–Crippen LogP) is 2.59. The van der Waals surface area contributed by atoms with Crippen molar-refractivity contribution in [1.29, 1.82) is 0 Å². The number of amides is 1. The fourth-order valence-corrected chi connectivity index (χ4v) is 4.92. The number of rotatable bonds is 7. The minimum atomic E-state index is 0.0334. The van der Waals surface area contributed by atoms with Gasteiger partial charge in [0.1, 0.15) is 5.82 Å². The molecule has 1 amide bonds. The third-order valence-corrected chi connectivity index (χ3v) is 6.79. The Balaban J connectivity index is 1.03. The van der Waals surface area contributed by atoms with E-state index in [1.54, 1.807) is 0 Å². The van der Waals surface area contributed by atoms with E-state index >= 15 is 0 Å². The molecule has 0 spiro atoms. The molecule has 0 atom stereocenters. The smallest absolute Gasteiger partial charge is 0.225 e. The third kappa shape index (κ3) is 4.89. The zero-order valence-electron chi connectivity index (χ0n) is 18.7. The number of hydrogen-bond acceptors (Lipinski definition) is 6. The Morgan fingerprint density at radius 2 is 1.88 bits per heavy atom. The van der Waals surface area contributed by atoms with Crippen LogP contribution in [0.4, 0.5) is 11.5 Å². The molecule has 0 saturated carbocycles. The van der Waals surface area contributed by atoms with E-state index in [-0.39, 0.29) is 5.91 Å². The van der Waals surface area contributed by atoms with Crippen molar-refractivity contribution in [3.05, 3.63) is 47.0 Å². The molecule has 0 radical (unpaired) electrons. The van der Waals surface area contributed by atoms with E-state index in [1.165, 1.54) is 16.8 Å². The van der Waals surface area contributed by atoms with Crippen molar-refractivity contribution in [2.45, 2.75) is 38.6 Å². The molecule has 7 nitrogen and oxygen atoms in total. The van der Waals surface area contributed by atoms with Crippen LogP contribution in [0.5, 0.6) is 5.88 Å². The van der Waals surface area contributed by atoms with Gasteiger partial charge >= 0.3 is 0 Å². The van der Waals surface area contributed by atoms with Crippen LogP contribution in [0, 0.1) is 0 Å². The van der Waals surface area contributed by atoms with Crippen molar-refractivity contribution < 1.29 is 9.53 Å². The number of carbonyl (C=O) groups excluding carboxylic acids is 1. The molecule has 0 bridgehead atoms. The standard InChI is InChI=1S/C25H33N5O2/c31-23-8-6-20-7-9-24(28-25(20)27-23)32-17-2-1-12-29-13-15-30(16-14-29)22-5-3-4-19-10-11-26-18-21(19)22/h3-5,7,9,26H,1-2,6,8,10-18H2,(H,27,28,31). The van der Waals surface area contributed by atoms with E-state index in [2.05, 4.69) is 43.6 Å². The Hall–Kier alpha value is -2.64. The van der Waals surface area contributed by atoms with Crippen LogP contribution in [-0.4, -0.2) is 61.7 Å². The first-order valence-electron chi connectivity index (χ1n) is 12.0. The molecule has 32 heavy (non-hydrogen) atoms. The highest BCUT2D eigenvalue weighted by Gasteiger charge is 2.21. The van der Waals surface area contributed by atoms with Gasteiger partial charge in [-0.15, -0.1) is 0 Å². The molecule has 3 aliphatic heterocycles. The van der Waals surface area contributed by atoms with Crippen LogP contribution in [0.3, 0.4) is 0 Å². The average molecular weight is 436 g/mol. The molecular weight excluding hydrogens is 402 g/mol. The minimum absolute atomic E-state index is 0.0334. The molecule has 1 aromatic carbocycles. The topological polar surface area (TPSA) is 69.7 Å². The van der Waals surface area contributed by atoms with Crippen molar-refractivity contribution in [3.63, 3.8) is 0 Å². The summed E-state index contributed by atoms with van der Waals surface area (Å²) in [6.07, 6.45) is 4.55. The van der Waals surface area contributed by atoms with Gasteiger partial charge in [0.25, 0.3) is 0 Å². The molecule has 1 aromatic heterocycles. The van der Waals surface area contributed by atoms with E-state index in [4.69, 9.17) is 4.74 Å². The van der Waals surface area contributed by atoms with E-state index in [9.17, 15) is 4.79 Å². The number of ether oxygens (including phenoxy) is 1. The lowest BCUT2D eigenvalue weighted by Gasteiger charge is -2.38. The largest absolute Gasteiger partial charge is 0.478 e. The van der Waals surface area contributed by atoms with Crippen LogP contribution in [-0.2, 0) is 24.2 Å². The average Bonchev–Trinajstić information content (AvgIpc) is 2.83. The summed E-state index contributed by atoms with van der Waals surface area (Å²) in [4.78, 5) is 21.1. The van der Waals surface area contributed by atoms with Gasteiger partial charge in [-0.1, -0.05) is 12.1 Å². The molecule has 170 valence electrons. The van der Waals surface area contributed by atoms with Crippen LogP contribution >= 0.6 is 0 Å². The van der Waals surface area contributed by atoms with Crippen molar-refractivity contribution >= 4 is 17.4 Å². The summed E-state index contributed by atoms with van der Waals surface area (Å²) < 4.78 is 5.83. The van der Waals surface area contributed by atoms with Crippen molar-refractivity contribution in [2.75, 3.05) is 56.1 Å². The molecule has 3 aliphatic rings. The summed E-state index contributed by atoms with van der Waals surface area (Å²) >= 11 is 0. The van der Waals surface area contributed by atoms with Gasteiger partial charge in [-0.3, -0.25) is 9.69 Å². The molecule has 1 fully saturated rings. The molecule has 2 aromatic rings. The Bertz CT molecular complexity index is 955. The van der Waals surface area contributed by atoms with Gasteiger partial charge in [0.15, 0.2) is 0 Å². The normalized spacial score (nSPS) is 18.6. The number of carbonyl (C=O) groups is 1. The van der Waals surface area contributed by atoms with Crippen molar-refractivity contribution in [3.8, 4) is 5.88 Å². The first-order valence-corrected chi connectivity index (χ1v) is 12.0. The lowest BCUT2D eigenvalue weighted by molar-refractivity contribution is -0.116. The highest BCUT2D eigenvalue weighted by atomic mass is 16.5. The van der Waals surface area contributed by atoms with E-state index < -0.39 is 0 Å². The summed E-state index contributed by atoms with van der Waals surface area (Å²) in [6, 6.07) is 10.7. The van der Waals surface area contributed by atoms with Gasteiger partial charge in [-0.2, -0.15) is 4.98 Å². The zero-order valence-corrected chi connectivity index (χ0v) is 18.7. The van der Waals surface area contributed by atoms with Crippen LogP contribution < -0.4 is 20.3 Å². The number of piperazine rings is 1. The first-order chi connectivity index (χ1) is 15.8. The Morgan fingerprint density at radius 1 is 0.969 bits per heavy atom. The number of aryl methyl sites for hydroxylation is 1. The van der Waals surface area contributed by atoms with E-state index in [1.807, 2.05) is 12.1 Å². The maximum absolute atomic E-state index is 11.5. The molecule has 0 aliphatic carbocycles. The van der Waals surface area contributed by atoms with Gasteiger partial charge in [-0.05, 0) is 67.6 Å². The predicted molar refractivity (Wildman–Crippen MR) is 126 cm³/mol. The maximum atomic E-state index is 11.5. The second-order valence-corrected chi connectivity index (χ2v) is 8.93. The summed E-state index contributed by atoms with van der Waals surface area (Å²) in [5, 5.41) is 6.36. The number of nitrogens with one attached hydrogen (secondary N) is 2. The second kappa shape index (κ2) is 9.88. The van der Waals surface area contributed by atoms with Crippen LogP contribution in [0.1, 0.15) is 36.0 Å². The number of pyridine rings is 1. The lowest BCUT2D eigenvalue weighted by atomic mass is 9.98. The van der Waals surface area contributed by atoms with E-state index in [0.717, 1.165) is 77.1 Å². The lowest BCUT2D eigenvalue weighted by Crippen LogP contribution is -2.47. The summed E-state index contributed by atoms with van der Waals surface area (Å²) in [5.41, 5.74) is 5.53. The number of nitrogens with zero attached hydrogens (tertiary/aromatic N) is 3. The van der Waals surface area contributed by atoms with Gasteiger partial charge < -0.3 is 20.3 Å². The number of benzene rings is 1. The third-order valence-electron chi connectivity index (χ3n) is 6.79. The van der Waals surface area contributed by atoms with Gasteiger partial charge in [-0.25, -0.2) is 0 Å². The molecule has 7 heteroatoms. The molecular formula is C25H33N5O2. The van der Waals surface area contributed by atoms with Gasteiger partial charge in [0, 0.05) is 50.9 Å². The highest BCUT2D eigenvalue weighted by molar-refractivity contribution is 5.92. The first kappa shape index (κ1) is 21.2. The summed E-state index contributed by atoms with van der Waals surface area (Å²) in [7, 11) is 0. The Labute approximate surface area is 190 Å². The molecule has 5 rings (SSSR count). The number of fused-ring (bicyclic) bond motifs is 2.